The number of aryl methyl sites for hydroxylation is 2. The molecule has 8 heteroatoms. The number of aromatic nitrogens is 4. The van der Waals surface area contributed by atoms with E-state index in [0.29, 0.717) is 47.0 Å². The zero-order chi connectivity index (χ0) is 20.8. The van der Waals surface area contributed by atoms with Crippen LogP contribution in [0.1, 0.15) is 22.5 Å². The van der Waals surface area contributed by atoms with Crippen molar-refractivity contribution in [3.63, 3.8) is 0 Å². The molecular formula is C22H19F2N5O. The van der Waals surface area contributed by atoms with Gasteiger partial charge in [0.1, 0.15) is 23.0 Å². The number of nitrogens with one attached hydrogen (secondary N) is 1. The van der Waals surface area contributed by atoms with Crippen LogP contribution in [0.25, 0.3) is 16.8 Å². The molecule has 152 valence electrons. The van der Waals surface area contributed by atoms with Gasteiger partial charge in [0, 0.05) is 53.3 Å². The van der Waals surface area contributed by atoms with E-state index in [0.717, 1.165) is 17.0 Å². The number of nitrogens with zero attached hydrogens (tertiary/aromatic N) is 4. The summed E-state index contributed by atoms with van der Waals surface area (Å²) >= 11 is 0. The second kappa shape index (κ2) is 7.05. The quantitative estimate of drug-likeness (QED) is 0.548. The summed E-state index contributed by atoms with van der Waals surface area (Å²) in [7, 11) is 0. The molecule has 0 saturated heterocycles. The highest BCUT2D eigenvalue weighted by Gasteiger charge is 2.20. The molecule has 0 bridgehead atoms. The fourth-order valence-corrected chi connectivity index (χ4v) is 3.87. The van der Waals surface area contributed by atoms with Crippen molar-refractivity contribution in [2.45, 2.75) is 26.8 Å². The lowest BCUT2D eigenvalue weighted by atomic mass is 10.0. The Bertz CT molecular complexity index is 1280. The van der Waals surface area contributed by atoms with E-state index in [4.69, 9.17) is 4.74 Å². The van der Waals surface area contributed by atoms with E-state index in [1.807, 2.05) is 20.0 Å². The van der Waals surface area contributed by atoms with Crippen molar-refractivity contribution >= 4 is 11.6 Å². The molecule has 0 saturated carbocycles. The molecule has 0 fully saturated rings. The Morgan fingerprint density at radius 3 is 2.87 bits per heavy atom. The standard InChI is InChI=1S/C22H19F2N5O/c1-12-11-29-21(28-12)18(16-7-14(23)8-25-13(16)2)10-27-22(29)26-9-17-15-5-6-30-20(15)4-3-19(17)24/h3-4,7-8,10-11H,5-6,9H2,1-2H3,(H,26,27). The lowest BCUT2D eigenvalue weighted by Crippen LogP contribution is -2.10. The van der Waals surface area contributed by atoms with Gasteiger partial charge in [-0.1, -0.05) is 0 Å². The molecule has 5 rings (SSSR count). The van der Waals surface area contributed by atoms with Crippen molar-refractivity contribution in [2.75, 3.05) is 11.9 Å². The molecule has 1 N–H and O–H groups in total. The first-order valence-electron chi connectivity index (χ1n) is 9.65. The topological polar surface area (TPSA) is 64.3 Å². The normalized spacial score (nSPS) is 12.8. The van der Waals surface area contributed by atoms with Crippen LogP contribution in [0.4, 0.5) is 14.7 Å². The molecule has 4 heterocycles. The molecule has 1 aromatic carbocycles. The highest BCUT2D eigenvalue weighted by molar-refractivity contribution is 5.79. The van der Waals surface area contributed by atoms with Crippen molar-refractivity contribution < 1.29 is 13.5 Å². The van der Waals surface area contributed by atoms with E-state index < -0.39 is 5.82 Å². The predicted molar refractivity (Wildman–Crippen MR) is 109 cm³/mol. The van der Waals surface area contributed by atoms with Crippen molar-refractivity contribution in [1.82, 2.24) is 19.4 Å². The van der Waals surface area contributed by atoms with Gasteiger partial charge in [0.05, 0.1) is 18.5 Å². The van der Waals surface area contributed by atoms with E-state index in [1.165, 1.54) is 18.3 Å². The number of halogens is 2. The lowest BCUT2D eigenvalue weighted by Gasteiger charge is -2.13. The predicted octanol–water partition coefficient (Wildman–Crippen LogP) is 4.23. The Balaban J connectivity index is 1.55. The first-order valence-corrected chi connectivity index (χ1v) is 9.65. The fraction of sp³-hybridized carbons (Fsp3) is 0.227. The highest BCUT2D eigenvalue weighted by atomic mass is 19.1. The maximum Gasteiger partial charge on any atom is 0.208 e. The van der Waals surface area contributed by atoms with Crippen LogP contribution < -0.4 is 10.1 Å². The largest absolute Gasteiger partial charge is 0.493 e. The second-order valence-corrected chi connectivity index (χ2v) is 7.31. The molecule has 0 atom stereocenters. The molecule has 1 aliphatic rings. The number of rotatable bonds is 4. The third kappa shape index (κ3) is 3.04. The maximum absolute atomic E-state index is 14.5. The zero-order valence-electron chi connectivity index (χ0n) is 16.5. The number of benzene rings is 1. The number of imidazole rings is 1. The molecule has 1 aliphatic heterocycles. The van der Waals surface area contributed by atoms with Crippen molar-refractivity contribution in [1.29, 1.82) is 0 Å². The highest BCUT2D eigenvalue weighted by Crippen LogP contribution is 2.31. The fourth-order valence-electron chi connectivity index (χ4n) is 3.87. The smallest absolute Gasteiger partial charge is 0.208 e. The van der Waals surface area contributed by atoms with Gasteiger partial charge in [-0.3, -0.25) is 9.38 Å². The van der Waals surface area contributed by atoms with E-state index in [-0.39, 0.29) is 12.4 Å². The molecule has 0 radical (unpaired) electrons. The van der Waals surface area contributed by atoms with Crippen molar-refractivity contribution in [3.05, 3.63) is 70.9 Å². The van der Waals surface area contributed by atoms with Crippen LogP contribution >= 0.6 is 0 Å². The Hall–Kier alpha value is -3.55. The van der Waals surface area contributed by atoms with Gasteiger partial charge in [0.2, 0.25) is 5.95 Å². The van der Waals surface area contributed by atoms with Gasteiger partial charge < -0.3 is 10.1 Å². The molecule has 3 aromatic heterocycles. The zero-order valence-corrected chi connectivity index (χ0v) is 16.5. The van der Waals surface area contributed by atoms with Gasteiger partial charge in [-0.15, -0.1) is 0 Å². The Kier molecular flexibility index (Phi) is 4.34. The first kappa shape index (κ1) is 18.5. The third-order valence-corrected chi connectivity index (χ3v) is 5.32. The van der Waals surface area contributed by atoms with E-state index in [1.54, 1.807) is 16.7 Å². The summed E-state index contributed by atoms with van der Waals surface area (Å²) in [6.45, 7) is 4.51. The van der Waals surface area contributed by atoms with Crippen LogP contribution in [0.3, 0.4) is 0 Å². The minimum Gasteiger partial charge on any atom is -0.493 e. The van der Waals surface area contributed by atoms with E-state index in [9.17, 15) is 8.78 Å². The average Bonchev–Trinajstić information content (AvgIpc) is 3.35. The summed E-state index contributed by atoms with van der Waals surface area (Å²) in [5.74, 6) is 0.555. The van der Waals surface area contributed by atoms with Gasteiger partial charge >= 0.3 is 0 Å². The maximum atomic E-state index is 14.5. The van der Waals surface area contributed by atoms with Gasteiger partial charge in [0.15, 0.2) is 0 Å². The number of pyridine rings is 1. The van der Waals surface area contributed by atoms with Crippen molar-refractivity contribution in [2.24, 2.45) is 0 Å². The number of fused-ring (bicyclic) bond motifs is 2. The summed E-state index contributed by atoms with van der Waals surface area (Å²) in [5.41, 5.74) is 4.87. The van der Waals surface area contributed by atoms with Crippen LogP contribution in [-0.2, 0) is 13.0 Å². The van der Waals surface area contributed by atoms with E-state index >= 15 is 0 Å². The van der Waals surface area contributed by atoms with Crippen LogP contribution in [-0.4, -0.2) is 26.0 Å². The lowest BCUT2D eigenvalue weighted by molar-refractivity contribution is 0.356. The Labute approximate surface area is 171 Å². The molecule has 0 amide bonds. The van der Waals surface area contributed by atoms with Crippen LogP contribution in [0.5, 0.6) is 5.75 Å². The average molecular weight is 407 g/mol. The second-order valence-electron chi connectivity index (χ2n) is 7.31. The summed E-state index contributed by atoms with van der Waals surface area (Å²) < 4.78 is 35.6. The molecule has 0 spiro atoms. The van der Waals surface area contributed by atoms with Gasteiger partial charge in [-0.05, 0) is 32.0 Å². The van der Waals surface area contributed by atoms with Crippen LogP contribution in [0.15, 0.2) is 36.8 Å². The Morgan fingerprint density at radius 1 is 1.13 bits per heavy atom. The molecule has 0 unspecified atom stereocenters. The minimum atomic E-state index is -0.421. The number of ether oxygens (including phenoxy) is 1. The van der Waals surface area contributed by atoms with Crippen LogP contribution in [0.2, 0.25) is 0 Å². The monoisotopic (exact) mass is 407 g/mol. The summed E-state index contributed by atoms with van der Waals surface area (Å²) in [6, 6.07) is 4.52. The molecule has 30 heavy (non-hydrogen) atoms. The molecule has 6 nitrogen and oxygen atoms in total. The van der Waals surface area contributed by atoms with Gasteiger partial charge in [0.25, 0.3) is 0 Å². The minimum absolute atomic E-state index is 0.261. The summed E-state index contributed by atoms with van der Waals surface area (Å²) in [6.07, 6.45) is 5.35. The summed E-state index contributed by atoms with van der Waals surface area (Å²) in [4.78, 5) is 13.2. The number of hydrogen-bond acceptors (Lipinski definition) is 5. The number of anilines is 1. The van der Waals surface area contributed by atoms with Gasteiger partial charge in [-0.2, -0.15) is 0 Å². The van der Waals surface area contributed by atoms with Crippen molar-refractivity contribution in [3.8, 4) is 16.9 Å². The summed E-state index contributed by atoms with van der Waals surface area (Å²) in [5, 5.41) is 3.22. The molecule has 4 aromatic rings. The first-order chi connectivity index (χ1) is 14.5. The van der Waals surface area contributed by atoms with E-state index in [2.05, 4.69) is 20.3 Å². The third-order valence-electron chi connectivity index (χ3n) is 5.32. The Morgan fingerprint density at radius 2 is 2.00 bits per heavy atom. The SMILES string of the molecule is Cc1cn2c(NCc3c(F)ccc4c3CCO4)ncc(-c3cc(F)cnc3C)c2n1. The molecular weight excluding hydrogens is 388 g/mol. The van der Waals surface area contributed by atoms with Crippen LogP contribution in [0, 0.1) is 25.5 Å². The number of hydrogen-bond donors (Lipinski definition) is 1. The van der Waals surface area contributed by atoms with Gasteiger partial charge in [-0.25, -0.2) is 18.7 Å². The molecule has 0 aliphatic carbocycles.